The highest BCUT2D eigenvalue weighted by Crippen LogP contribution is 2.38. The first kappa shape index (κ1) is 9.47. The molecule has 2 nitrogen and oxygen atoms in total. The van der Waals surface area contributed by atoms with Gasteiger partial charge in [0.15, 0.2) is 0 Å². The Balaban J connectivity index is 1.84. The number of nitrogens with one attached hydrogen (secondary N) is 1. The predicted molar refractivity (Wildman–Crippen MR) is 53.6 cm³/mol. The van der Waals surface area contributed by atoms with Gasteiger partial charge in [0, 0.05) is 13.1 Å². The van der Waals surface area contributed by atoms with Crippen LogP contribution in [-0.2, 0) is 0 Å². The van der Waals surface area contributed by atoms with Gasteiger partial charge in [0.1, 0.15) is 0 Å². The minimum atomic E-state index is -0.335. The zero-order valence-electron chi connectivity index (χ0n) is 8.55. The van der Waals surface area contributed by atoms with Crippen LogP contribution in [0.15, 0.2) is 0 Å². The van der Waals surface area contributed by atoms with Crippen molar-refractivity contribution in [2.75, 3.05) is 13.1 Å². The summed E-state index contributed by atoms with van der Waals surface area (Å²) in [7, 11) is 0. The summed E-state index contributed by atoms with van der Waals surface area (Å²) in [6.45, 7) is 3.94. The van der Waals surface area contributed by atoms with Crippen LogP contribution in [0.3, 0.4) is 0 Å². The fraction of sp³-hybridized carbons (Fsp3) is 1.00. The van der Waals surface area contributed by atoms with Gasteiger partial charge in [-0.2, -0.15) is 0 Å². The highest BCUT2D eigenvalue weighted by atomic mass is 16.3. The fourth-order valence-electron chi connectivity index (χ4n) is 2.78. The molecule has 0 aromatic rings. The van der Waals surface area contributed by atoms with Gasteiger partial charge < -0.3 is 10.4 Å². The molecule has 0 spiro atoms. The maximum absolute atomic E-state index is 10.1. The third kappa shape index (κ3) is 1.75. The standard InChI is InChI=1S/C11H21NO/c1-2-9-3-5-10(6-4-9)11(13)7-12-8-11/h9-10,12-13H,2-8H2,1H3. The Labute approximate surface area is 80.7 Å². The van der Waals surface area contributed by atoms with Crippen molar-refractivity contribution in [3.63, 3.8) is 0 Å². The van der Waals surface area contributed by atoms with Crippen molar-refractivity contribution >= 4 is 0 Å². The van der Waals surface area contributed by atoms with Crippen molar-refractivity contribution in [2.45, 2.75) is 44.6 Å². The van der Waals surface area contributed by atoms with Crippen LogP contribution in [0.4, 0.5) is 0 Å². The molecule has 0 bridgehead atoms. The Hall–Kier alpha value is -0.0800. The van der Waals surface area contributed by atoms with Gasteiger partial charge >= 0.3 is 0 Å². The number of hydrogen-bond acceptors (Lipinski definition) is 2. The van der Waals surface area contributed by atoms with Crippen molar-refractivity contribution in [3.05, 3.63) is 0 Å². The molecule has 13 heavy (non-hydrogen) atoms. The minimum Gasteiger partial charge on any atom is -0.387 e. The van der Waals surface area contributed by atoms with Gasteiger partial charge in [-0.15, -0.1) is 0 Å². The number of aliphatic hydroxyl groups is 1. The van der Waals surface area contributed by atoms with Crippen LogP contribution in [0.1, 0.15) is 39.0 Å². The second kappa shape index (κ2) is 3.58. The second-order valence-corrected chi connectivity index (χ2v) is 4.83. The molecule has 0 unspecified atom stereocenters. The quantitative estimate of drug-likeness (QED) is 0.680. The molecule has 0 atom stereocenters. The average molecular weight is 183 g/mol. The van der Waals surface area contributed by atoms with Gasteiger partial charge in [0.2, 0.25) is 0 Å². The Morgan fingerprint density at radius 3 is 2.23 bits per heavy atom. The van der Waals surface area contributed by atoms with Gasteiger partial charge in [-0.1, -0.05) is 26.2 Å². The third-order valence-corrected chi connectivity index (χ3v) is 4.05. The monoisotopic (exact) mass is 183 g/mol. The minimum absolute atomic E-state index is 0.335. The first-order chi connectivity index (χ1) is 6.24. The van der Waals surface area contributed by atoms with E-state index in [-0.39, 0.29) is 5.60 Å². The summed E-state index contributed by atoms with van der Waals surface area (Å²) in [5, 5.41) is 13.3. The molecule has 0 aromatic carbocycles. The summed E-state index contributed by atoms with van der Waals surface area (Å²) >= 11 is 0. The van der Waals surface area contributed by atoms with E-state index in [4.69, 9.17) is 0 Å². The summed E-state index contributed by atoms with van der Waals surface area (Å²) in [6.07, 6.45) is 6.49. The molecule has 0 amide bonds. The van der Waals surface area contributed by atoms with E-state index in [1.54, 1.807) is 0 Å². The lowest BCUT2D eigenvalue weighted by molar-refractivity contribution is -0.0768. The summed E-state index contributed by atoms with van der Waals surface area (Å²) in [5.41, 5.74) is -0.335. The molecule has 76 valence electrons. The summed E-state index contributed by atoms with van der Waals surface area (Å²) in [6, 6.07) is 0. The van der Waals surface area contributed by atoms with Crippen LogP contribution in [0.25, 0.3) is 0 Å². The molecule has 2 fully saturated rings. The molecule has 1 aliphatic carbocycles. The Morgan fingerprint density at radius 2 is 1.85 bits per heavy atom. The van der Waals surface area contributed by atoms with Crippen molar-refractivity contribution in [3.8, 4) is 0 Å². The first-order valence-electron chi connectivity index (χ1n) is 5.67. The first-order valence-corrected chi connectivity index (χ1v) is 5.67. The van der Waals surface area contributed by atoms with Crippen LogP contribution in [0.5, 0.6) is 0 Å². The van der Waals surface area contributed by atoms with Gasteiger partial charge in [-0.3, -0.25) is 0 Å². The molecule has 0 aromatic heterocycles. The van der Waals surface area contributed by atoms with Gasteiger partial charge in [-0.25, -0.2) is 0 Å². The normalized spacial score (nSPS) is 38.3. The molecule has 2 rings (SSSR count). The smallest absolute Gasteiger partial charge is 0.0923 e. The summed E-state index contributed by atoms with van der Waals surface area (Å²) in [4.78, 5) is 0. The van der Waals surface area contributed by atoms with Crippen molar-refractivity contribution in [1.82, 2.24) is 5.32 Å². The van der Waals surface area contributed by atoms with Crippen LogP contribution in [0.2, 0.25) is 0 Å². The van der Waals surface area contributed by atoms with Gasteiger partial charge in [0.05, 0.1) is 5.60 Å². The molecule has 2 heteroatoms. The molecule has 0 radical (unpaired) electrons. The van der Waals surface area contributed by atoms with Crippen LogP contribution < -0.4 is 5.32 Å². The van der Waals surface area contributed by atoms with Crippen LogP contribution in [0, 0.1) is 11.8 Å². The summed E-state index contributed by atoms with van der Waals surface area (Å²) in [5.74, 6) is 1.52. The number of hydrogen-bond donors (Lipinski definition) is 2. The molecule has 1 saturated carbocycles. The summed E-state index contributed by atoms with van der Waals surface area (Å²) < 4.78 is 0. The molecular weight excluding hydrogens is 162 g/mol. The second-order valence-electron chi connectivity index (χ2n) is 4.83. The molecule has 1 saturated heterocycles. The third-order valence-electron chi connectivity index (χ3n) is 4.05. The lowest BCUT2D eigenvalue weighted by atomic mass is 9.70. The van der Waals surface area contributed by atoms with E-state index in [0.717, 1.165) is 19.0 Å². The van der Waals surface area contributed by atoms with Crippen molar-refractivity contribution < 1.29 is 5.11 Å². The number of rotatable bonds is 2. The largest absolute Gasteiger partial charge is 0.387 e. The maximum atomic E-state index is 10.1. The topological polar surface area (TPSA) is 32.3 Å². The van der Waals surface area contributed by atoms with E-state index < -0.39 is 0 Å². The van der Waals surface area contributed by atoms with Crippen molar-refractivity contribution in [1.29, 1.82) is 0 Å². The van der Waals surface area contributed by atoms with Gasteiger partial charge in [-0.05, 0) is 24.7 Å². The van der Waals surface area contributed by atoms with E-state index in [2.05, 4.69) is 12.2 Å². The highest BCUT2D eigenvalue weighted by Gasteiger charge is 2.43. The van der Waals surface area contributed by atoms with Crippen LogP contribution >= 0.6 is 0 Å². The zero-order chi connectivity index (χ0) is 9.31. The lowest BCUT2D eigenvalue weighted by Gasteiger charge is -2.46. The molecule has 1 heterocycles. The molecule has 1 aliphatic heterocycles. The van der Waals surface area contributed by atoms with Crippen molar-refractivity contribution in [2.24, 2.45) is 11.8 Å². The van der Waals surface area contributed by atoms with E-state index in [1.165, 1.54) is 32.1 Å². The van der Waals surface area contributed by atoms with E-state index in [0.29, 0.717) is 5.92 Å². The zero-order valence-corrected chi connectivity index (χ0v) is 8.55. The van der Waals surface area contributed by atoms with Crippen LogP contribution in [-0.4, -0.2) is 23.8 Å². The maximum Gasteiger partial charge on any atom is 0.0923 e. The van der Waals surface area contributed by atoms with Gasteiger partial charge in [0.25, 0.3) is 0 Å². The highest BCUT2D eigenvalue weighted by molar-refractivity contribution is 4.99. The molecular formula is C11H21NO. The predicted octanol–water partition coefficient (Wildman–Crippen LogP) is 1.54. The Bertz CT molecular complexity index is 169. The molecule has 2 aliphatic rings. The average Bonchev–Trinajstić information content (AvgIpc) is 2.14. The van der Waals surface area contributed by atoms with E-state index in [9.17, 15) is 5.11 Å². The number of β-amino-alcohol motifs (C(OH)–C–C–N with tert-alkyl or cyclic N) is 1. The lowest BCUT2D eigenvalue weighted by Crippen LogP contribution is -2.64. The fourth-order valence-corrected chi connectivity index (χ4v) is 2.78. The molecule has 2 N–H and O–H groups in total. The Morgan fingerprint density at radius 1 is 1.23 bits per heavy atom. The van der Waals surface area contributed by atoms with E-state index in [1.807, 2.05) is 0 Å². The van der Waals surface area contributed by atoms with E-state index >= 15 is 0 Å². The SMILES string of the molecule is CCC1CCC(C2(O)CNC2)CC1. The Kier molecular flexibility index (Phi) is 2.61.